The molecule has 0 aliphatic heterocycles. The number of hydrogen-bond acceptors (Lipinski definition) is 3. The van der Waals surface area contributed by atoms with Crippen LogP contribution in [0.3, 0.4) is 0 Å². The van der Waals surface area contributed by atoms with E-state index in [1.54, 1.807) is 0 Å². The van der Waals surface area contributed by atoms with Crippen molar-refractivity contribution in [1.29, 1.82) is 0 Å². The first kappa shape index (κ1) is 10.7. The number of halogens is 1. The number of alkyl halides is 1. The molecule has 1 atom stereocenters. The lowest BCUT2D eigenvalue weighted by Crippen LogP contribution is -2.23. The van der Waals surface area contributed by atoms with Crippen LogP contribution in [0.5, 0.6) is 0 Å². The molecule has 0 saturated carbocycles. The van der Waals surface area contributed by atoms with E-state index in [2.05, 4.69) is 4.74 Å². The Morgan fingerprint density at radius 3 is 2.55 bits per heavy atom. The summed E-state index contributed by atoms with van der Waals surface area (Å²) in [5.41, 5.74) is 0. The SMILES string of the molecule is CC(C)OCC(CCl)OC=O. The zero-order valence-corrected chi connectivity index (χ0v) is 7.50. The highest BCUT2D eigenvalue weighted by molar-refractivity contribution is 6.18. The third-order valence-electron chi connectivity index (χ3n) is 1.04. The van der Waals surface area contributed by atoms with Gasteiger partial charge in [-0.3, -0.25) is 4.79 Å². The maximum absolute atomic E-state index is 9.88. The molecule has 0 aliphatic rings. The van der Waals surface area contributed by atoms with E-state index in [1.807, 2.05) is 13.8 Å². The van der Waals surface area contributed by atoms with Gasteiger partial charge >= 0.3 is 0 Å². The van der Waals surface area contributed by atoms with Crippen LogP contribution < -0.4 is 0 Å². The fourth-order valence-electron chi connectivity index (χ4n) is 0.499. The minimum Gasteiger partial charge on any atom is -0.461 e. The molecule has 1 unspecified atom stereocenters. The minimum atomic E-state index is -0.323. The Labute approximate surface area is 71.6 Å². The molecule has 3 nitrogen and oxygen atoms in total. The van der Waals surface area contributed by atoms with E-state index >= 15 is 0 Å². The predicted molar refractivity (Wildman–Crippen MR) is 42.7 cm³/mol. The van der Waals surface area contributed by atoms with Gasteiger partial charge in [0.15, 0.2) is 0 Å². The summed E-state index contributed by atoms with van der Waals surface area (Å²) in [6, 6.07) is 0. The lowest BCUT2D eigenvalue weighted by Gasteiger charge is -2.13. The summed E-state index contributed by atoms with van der Waals surface area (Å²) >= 11 is 5.47. The van der Waals surface area contributed by atoms with Crippen LogP contribution in [0.15, 0.2) is 0 Å². The average Bonchev–Trinajstić information content (AvgIpc) is 1.97. The molecule has 0 N–H and O–H groups in total. The van der Waals surface area contributed by atoms with Gasteiger partial charge in [-0.05, 0) is 13.8 Å². The minimum absolute atomic E-state index is 0.135. The summed E-state index contributed by atoms with van der Waals surface area (Å²) in [5, 5.41) is 0. The van der Waals surface area contributed by atoms with Gasteiger partial charge in [-0.1, -0.05) is 0 Å². The molecule has 0 rings (SSSR count). The normalized spacial score (nSPS) is 13.1. The van der Waals surface area contributed by atoms with Crippen LogP contribution in [0.4, 0.5) is 0 Å². The molecule has 0 saturated heterocycles. The second-order valence-corrected chi connectivity index (χ2v) is 2.70. The van der Waals surface area contributed by atoms with Crippen molar-refractivity contribution >= 4 is 18.1 Å². The van der Waals surface area contributed by atoms with E-state index in [0.29, 0.717) is 13.1 Å². The van der Waals surface area contributed by atoms with Gasteiger partial charge in [0.1, 0.15) is 6.10 Å². The van der Waals surface area contributed by atoms with Gasteiger partial charge in [0.2, 0.25) is 0 Å². The highest BCUT2D eigenvalue weighted by atomic mass is 35.5. The Balaban J connectivity index is 3.43. The van der Waals surface area contributed by atoms with E-state index < -0.39 is 0 Å². The fourth-order valence-corrected chi connectivity index (χ4v) is 0.660. The molecule has 4 heteroatoms. The number of rotatable bonds is 6. The number of hydrogen-bond donors (Lipinski definition) is 0. The topological polar surface area (TPSA) is 35.5 Å². The van der Waals surface area contributed by atoms with Gasteiger partial charge in [0, 0.05) is 0 Å². The smallest absolute Gasteiger partial charge is 0.293 e. The van der Waals surface area contributed by atoms with E-state index in [-0.39, 0.29) is 18.1 Å². The van der Waals surface area contributed by atoms with Crippen LogP contribution in [0, 0.1) is 0 Å². The molecule has 0 aromatic heterocycles. The standard InChI is InChI=1S/C7H13ClO3/c1-6(2)10-4-7(3-8)11-5-9/h5-7H,3-4H2,1-2H3. The summed E-state index contributed by atoms with van der Waals surface area (Å²) < 4.78 is 9.78. The summed E-state index contributed by atoms with van der Waals surface area (Å²) in [5.74, 6) is 0.269. The first-order chi connectivity index (χ1) is 5.20. The van der Waals surface area contributed by atoms with Crippen LogP contribution in [0.25, 0.3) is 0 Å². The highest BCUT2D eigenvalue weighted by Gasteiger charge is 2.07. The molecular weight excluding hydrogens is 168 g/mol. The Bertz CT molecular complexity index is 106. The van der Waals surface area contributed by atoms with Crippen molar-refractivity contribution < 1.29 is 14.3 Å². The highest BCUT2D eigenvalue weighted by Crippen LogP contribution is 1.97. The van der Waals surface area contributed by atoms with Crippen molar-refractivity contribution in [2.24, 2.45) is 0 Å². The van der Waals surface area contributed by atoms with E-state index in [9.17, 15) is 4.79 Å². The van der Waals surface area contributed by atoms with Crippen molar-refractivity contribution in [3.8, 4) is 0 Å². The monoisotopic (exact) mass is 180 g/mol. The Hall–Kier alpha value is -0.280. The molecule has 0 spiro atoms. The molecular formula is C7H13ClO3. The first-order valence-corrected chi connectivity index (χ1v) is 4.00. The van der Waals surface area contributed by atoms with Crippen LogP contribution in [0.2, 0.25) is 0 Å². The summed E-state index contributed by atoms with van der Waals surface area (Å²) in [6.07, 6.45) is -0.187. The van der Waals surface area contributed by atoms with Crippen molar-refractivity contribution in [3.05, 3.63) is 0 Å². The Morgan fingerprint density at radius 1 is 1.55 bits per heavy atom. The Morgan fingerprint density at radius 2 is 2.18 bits per heavy atom. The third-order valence-corrected chi connectivity index (χ3v) is 1.38. The maximum atomic E-state index is 9.88. The fraction of sp³-hybridized carbons (Fsp3) is 0.857. The van der Waals surface area contributed by atoms with Gasteiger partial charge < -0.3 is 9.47 Å². The van der Waals surface area contributed by atoms with Crippen LogP contribution in [-0.4, -0.2) is 31.2 Å². The molecule has 11 heavy (non-hydrogen) atoms. The van der Waals surface area contributed by atoms with Crippen LogP contribution in [0.1, 0.15) is 13.8 Å². The van der Waals surface area contributed by atoms with Crippen molar-refractivity contribution in [1.82, 2.24) is 0 Å². The molecule has 0 radical (unpaired) electrons. The van der Waals surface area contributed by atoms with E-state index in [1.165, 1.54) is 0 Å². The molecule has 66 valence electrons. The Kier molecular flexibility index (Phi) is 6.27. The lowest BCUT2D eigenvalue weighted by molar-refractivity contribution is -0.136. The molecule has 0 amide bonds. The third kappa shape index (κ3) is 6.13. The van der Waals surface area contributed by atoms with Crippen molar-refractivity contribution in [2.75, 3.05) is 12.5 Å². The zero-order valence-electron chi connectivity index (χ0n) is 6.75. The van der Waals surface area contributed by atoms with E-state index in [4.69, 9.17) is 16.3 Å². The lowest BCUT2D eigenvalue weighted by atomic mass is 10.4. The van der Waals surface area contributed by atoms with Crippen molar-refractivity contribution in [3.63, 3.8) is 0 Å². The largest absolute Gasteiger partial charge is 0.461 e. The van der Waals surface area contributed by atoms with Crippen LogP contribution in [-0.2, 0) is 14.3 Å². The maximum Gasteiger partial charge on any atom is 0.293 e. The second-order valence-electron chi connectivity index (χ2n) is 2.39. The van der Waals surface area contributed by atoms with Crippen molar-refractivity contribution in [2.45, 2.75) is 26.1 Å². The van der Waals surface area contributed by atoms with Gasteiger partial charge in [0.05, 0.1) is 18.6 Å². The molecule has 0 bridgehead atoms. The average molecular weight is 181 g/mol. The second kappa shape index (κ2) is 6.43. The summed E-state index contributed by atoms with van der Waals surface area (Å²) in [4.78, 5) is 9.88. The van der Waals surface area contributed by atoms with E-state index in [0.717, 1.165) is 0 Å². The molecule has 0 aromatic carbocycles. The zero-order chi connectivity index (χ0) is 8.69. The van der Waals surface area contributed by atoms with Gasteiger partial charge in [-0.15, -0.1) is 11.6 Å². The quantitative estimate of drug-likeness (QED) is 0.455. The van der Waals surface area contributed by atoms with Crippen LogP contribution >= 0.6 is 11.6 Å². The summed E-state index contributed by atoms with van der Waals surface area (Å²) in [6.45, 7) is 4.56. The number of carbonyl (C=O) groups is 1. The van der Waals surface area contributed by atoms with Gasteiger partial charge in [-0.2, -0.15) is 0 Å². The molecule has 0 fully saturated rings. The summed E-state index contributed by atoms with van der Waals surface area (Å²) in [7, 11) is 0. The molecule has 0 aromatic rings. The first-order valence-electron chi connectivity index (χ1n) is 3.47. The van der Waals surface area contributed by atoms with Gasteiger partial charge in [-0.25, -0.2) is 0 Å². The molecule has 0 heterocycles. The number of carbonyl (C=O) groups excluding carboxylic acids is 1. The van der Waals surface area contributed by atoms with Gasteiger partial charge in [0.25, 0.3) is 6.47 Å². The predicted octanol–water partition coefficient (Wildman–Crippen LogP) is 1.19. The molecule has 0 aliphatic carbocycles. The number of ether oxygens (including phenoxy) is 2.